The molecule has 0 aromatic rings. The van der Waals surface area contributed by atoms with Crippen molar-refractivity contribution in [1.29, 1.82) is 0 Å². The maximum atomic E-state index is 11.8. The fourth-order valence-electron chi connectivity index (χ4n) is 4.28. The van der Waals surface area contributed by atoms with Crippen LogP contribution in [0.25, 0.3) is 0 Å². The first-order valence-corrected chi connectivity index (χ1v) is 12.3. The van der Waals surface area contributed by atoms with Gasteiger partial charge in [-0.3, -0.25) is 14.4 Å². The average Bonchev–Trinajstić information content (AvgIpc) is 2.75. The van der Waals surface area contributed by atoms with Crippen LogP contribution < -0.4 is 0 Å². The van der Waals surface area contributed by atoms with E-state index in [4.69, 9.17) is 0 Å². The van der Waals surface area contributed by atoms with E-state index in [0.29, 0.717) is 25.8 Å². The molecule has 32 heavy (non-hydrogen) atoms. The Bertz CT molecular complexity index is 529. The van der Waals surface area contributed by atoms with Crippen LogP contribution in [0.15, 0.2) is 12.2 Å². The quantitative estimate of drug-likeness (QED) is 0.134. The molecule has 0 bridgehead atoms. The average molecular weight is 457 g/mol. The number of carboxylic acid groups (broad SMARTS) is 3. The normalized spacial score (nSPS) is 16.4. The zero-order chi connectivity index (χ0) is 24.6. The van der Waals surface area contributed by atoms with Crippen LogP contribution in [0.4, 0.5) is 0 Å². The second-order valence-corrected chi connectivity index (χ2v) is 9.08. The van der Waals surface area contributed by atoms with Crippen molar-refractivity contribution in [3.63, 3.8) is 0 Å². The van der Waals surface area contributed by atoms with Gasteiger partial charge in [0.1, 0.15) is 17.8 Å². The van der Waals surface area contributed by atoms with Gasteiger partial charge in [0.25, 0.3) is 0 Å². The Balaban J connectivity index is 5.78. The van der Waals surface area contributed by atoms with Gasteiger partial charge < -0.3 is 19.8 Å². The van der Waals surface area contributed by atoms with Crippen LogP contribution in [0.1, 0.15) is 85.5 Å². The van der Waals surface area contributed by atoms with Gasteiger partial charge in [0, 0.05) is 0 Å². The molecule has 0 rings (SSSR count). The third-order valence-electron chi connectivity index (χ3n) is 6.48. The Labute approximate surface area is 194 Å². The Hall–Kier alpha value is -1.89. The summed E-state index contributed by atoms with van der Waals surface area (Å²) < 4.78 is 0.173. The molecule has 3 atom stereocenters. The molecule has 0 fully saturated rings. The fraction of sp³-hybridized carbons (Fsp3) is 0.800. The molecule has 7 nitrogen and oxygen atoms in total. The minimum absolute atomic E-state index is 0.173. The maximum Gasteiger partial charge on any atom is 0.312 e. The summed E-state index contributed by atoms with van der Waals surface area (Å²) in [6, 6.07) is 0. The largest absolute Gasteiger partial charge is 0.481 e. The van der Waals surface area contributed by atoms with E-state index in [9.17, 15) is 29.7 Å². The van der Waals surface area contributed by atoms with Crippen molar-refractivity contribution in [1.82, 2.24) is 0 Å². The van der Waals surface area contributed by atoms with Crippen molar-refractivity contribution in [2.75, 3.05) is 26.2 Å². The molecule has 7 heteroatoms. The molecule has 3 unspecified atom stereocenters. The van der Waals surface area contributed by atoms with Crippen molar-refractivity contribution in [3.05, 3.63) is 12.2 Å². The van der Waals surface area contributed by atoms with E-state index >= 15 is 0 Å². The SMILES string of the molecule is CCCCCCC/C=C/C[N+](CC(CC)C(=O)O)(CC(CC)C(=O)O)CC(CC)C(=O)O. The number of nitrogens with zero attached hydrogens (tertiary/aromatic N) is 1. The second-order valence-electron chi connectivity index (χ2n) is 9.08. The van der Waals surface area contributed by atoms with E-state index in [2.05, 4.69) is 13.0 Å². The van der Waals surface area contributed by atoms with Crippen molar-refractivity contribution in [2.45, 2.75) is 85.5 Å². The predicted octanol–water partition coefficient (Wildman–Crippen LogP) is 5.05. The third-order valence-corrected chi connectivity index (χ3v) is 6.48. The highest BCUT2D eigenvalue weighted by Gasteiger charge is 2.39. The topological polar surface area (TPSA) is 112 Å². The van der Waals surface area contributed by atoms with Gasteiger partial charge in [-0.1, -0.05) is 59.5 Å². The molecule has 0 saturated heterocycles. The summed E-state index contributed by atoms with van der Waals surface area (Å²) in [7, 11) is 0. The van der Waals surface area contributed by atoms with Crippen LogP contribution in [-0.4, -0.2) is 63.9 Å². The fourth-order valence-corrected chi connectivity index (χ4v) is 4.28. The van der Waals surface area contributed by atoms with Gasteiger partial charge in [-0.2, -0.15) is 0 Å². The molecular formula is C25H46NO6+. The van der Waals surface area contributed by atoms with Crippen molar-refractivity contribution in [3.8, 4) is 0 Å². The monoisotopic (exact) mass is 456 g/mol. The summed E-state index contributed by atoms with van der Waals surface area (Å²) in [5.41, 5.74) is 0. The highest BCUT2D eigenvalue weighted by Crippen LogP contribution is 2.24. The van der Waals surface area contributed by atoms with E-state index in [-0.39, 0.29) is 24.1 Å². The van der Waals surface area contributed by atoms with Crippen LogP contribution in [0.5, 0.6) is 0 Å². The number of carboxylic acids is 3. The molecule has 0 aromatic heterocycles. The number of aliphatic carboxylic acids is 3. The molecule has 0 saturated carbocycles. The van der Waals surface area contributed by atoms with Crippen LogP contribution in [-0.2, 0) is 14.4 Å². The van der Waals surface area contributed by atoms with Crippen LogP contribution in [0, 0.1) is 17.8 Å². The van der Waals surface area contributed by atoms with Crippen molar-refractivity contribution >= 4 is 17.9 Å². The number of hydrogen-bond acceptors (Lipinski definition) is 3. The maximum absolute atomic E-state index is 11.8. The minimum Gasteiger partial charge on any atom is -0.481 e. The van der Waals surface area contributed by atoms with Gasteiger partial charge in [0.2, 0.25) is 0 Å². The molecule has 186 valence electrons. The van der Waals surface area contributed by atoms with E-state index in [1.807, 2.05) is 26.8 Å². The summed E-state index contributed by atoms with van der Waals surface area (Å²) >= 11 is 0. The minimum atomic E-state index is -0.915. The summed E-state index contributed by atoms with van der Waals surface area (Å²) in [6.07, 6.45) is 12.2. The second kappa shape index (κ2) is 16.7. The molecule has 0 aliphatic heterocycles. The van der Waals surface area contributed by atoms with Crippen LogP contribution in [0.3, 0.4) is 0 Å². The summed E-state index contributed by atoms with van der Waals surface area (Å²) in [5, 5.41) is 29.1. The van der Waals surface area contributed by atoms with E-state index < -0.39 is 35.7 Å². The summed E-state index contributed by atoms with van der Waals surface area (Å²) in [5.74, 6) is -4.68. The first-order chi connectivity index (χ1) is 15.2. The van der Waals surface area contributed by atoms with Gasteiger partial charge in [-0.15, -0.1) is 0 Å². The summed E-state index contributed by atoms with van der Waals surface area (Å²) in [4.78, 5) is 35.5. The number of carbonyl (C=O) groups is 3. The van der Waals surface area contributed by atoms with Gasteiger partial charge in [-0.25, -0.2) is 0 Å². The lowest BCUT2D eigenvalue weighted by Crippen LogP contribution is -2.58. The smallest absolute Gasteiger partial charge is 0.312 e. The molecule has 0 aliphatic rings. The Morgan fingerprint density at radius 2 is 1.06 bits per heavy atom. The lowest BCUT2D eigenvalue weighted by Gasteiger charge is -2.42. The molecule has 3 N–H and O–H groups in total. The molecular weight excluding hydrogens is 410 g/mol. The Morgan fingerprint density at radius 1 is 0.656 bits per heavy atom. The lowest BCUT2D eigenvalue weighted by atomic mass is 9.96. The number of allylic oxidation sites excluding steroid dienone is 1. The highest BCUT2D eigenvalue weighted by molar-refractivity contribution is 5.71. The molecule has 0 spiro atoms. The molecule has 0 radical (unpaired) electrons. The third kappa shape index (κ3) is 11.7. The standard InChI is InChI=1S/C25H45NO6/c1-5-9-10-11-12-13-14-15-16-26(17-20(6-2)23(27)28,18-21(7-3)24(29)30)19-22(8-4)25(31)32/h14-15,20-22H,5-13,16-19H2,1-4H3,(H2-,27,28,29,30,31,32)/p+1/b15-14+. The van der Waals surface area contributed by atoms with Gasteiger partial charge in [0.15, 0.2) is 0 Å². The van der Waals surface area contributed by atoms with E-state index in [1.54, 1.807) is 0 Å². The molecule has 0 aromatic carbocycles. The summed E-state index contributed by atoms with van der Waals surface area (Å²) in [6.45, 7) is 8.76. The number of rotatable bonds is 20. The first kappa shape index (κ1) is 30.1. The molecule has 0 aliphatic carbocycles. The Morgan fingerprint density at radius 3 is 1.41 bits per heavy atom. The van der Waals surface area contributed by atoms with Crippen LogP contribution in [0.2, 0.25) is 0 Å². The zero-order valence-corrected chi connectivity index (χ0v) is 20.6. The van der Waals surface area contributed by atoms with Gasteiger partial charge >= 0.3 is 17.9 Å². The highest BCUT2D eigenvalue weighted by atomic mass is 16.4. The molecule has 0 heterocycles. The zero-order valence-electron chi connectivity index (χ0n) is 20.6. The van der Waals surface area contributed by atoms with E-state index in [1.165, 1.54) is 25.7 Å². The number of quaternary nitrogens is 1. The first-order valence-electron chi connectivity index (χ1n) is 12.3. The Kier molecular flexibility index (Phi) is 15.7. The predicted molar refractivity (Wildman–Crippen MR) is 126 cm³/mol. The van der Waals surface area contributed by atoms with E-state index in [0.717, 1.165) is 12.8 Å². The molecule has 0 amide bonds. The van der Waals surface area contributed by atoms with Crippen molar-refractivity contribution < 1.29 is 34.2 Å². The van der Waals surface area contributed by atoms with Crippen LogP contribution >= 0.6 is 0 Å². The number of hydrogen-bond donors (Lipinski definition) is 3. The van der Waals surface area contributed by atoms with Crippen molar-refractivity contribution in [2.24, 2.45) is 17.8 Å². The van der Waals surface area contributed by atoms with Gasteiger partial charge in [0.05, 0.1) is 26.2 Å². The lowest BCUT2D eigenvalue weighted by molar-refractivity contribution is -0.929. The number of unbranched alkanes of at least 4 members (excludes halogenated alkanes) is 5. The van der Waals surface area contributed by atoms with Gasteiger partial charge in [-0.05, 0) is 38.2 Å².